The first-order chi connectivity index (χ1) is 13.7. The number of benzene rings is 2. The molecule has 4 heteroatoms. The number of rotatable bonds is 4. The van der Waals surface area contributed by atoms with Crippen molar-refractivity contribution >= 4 is 22.9 Å². The number of aliphatic imine (C=N–C) groups is 2. The summed E-state index contributed by atoms with van der Waals surface area (Å²) in [6, 6.07) is 18.1. The van der Waals surface area contributed by atoms with Crippen LogP contribution >= 0.6 is 0 Å². The van der Waals surface area contributed by atoms with E-state index in [0.29, 0.717) is 18.7 Å². The average Bonchev–Trinajstić information content (AvgIpc) is 3.35. The first-order valence-corrected chi connectivity index (χ1v) is 9.48. The lowest BCUT2D eigenvalue weighted by atomic mass is 9.92. The van der Waals surface area contributed by atoms with E-state index < -0.39 is 0 Å². The number of hydrogen-bond donors (Lipinski definition) is 0. The van der Waals surface area contributed by atoms with Crippen LogP contribution in [0, 0.1) is 0 Å². The van der Waals surface area contributed by atoms with Crippen molar-refractivity contribution in [2.75, 3.05) is 0 Å². The van der Waals surface area contributed by atoms with E-state index in [-0.39, 0.29) is 11.7 Å². The molecule has 4 nitrogen and oxygen atoms in total. The normalized spacial score (nSPS) is 15.5. The Bertz CT molecular complexity index is 1130. The van der Waals surface area contributed by atoms with E-state index in [2.05, 4.69) is 17.1 Å². The number of pyridine rings is 1. The third-order valence-corrected chi connectivity index (χ3v) is 5.51. The smallest absolute Gasteiger partial charge is 0.184 e. The molecule has 0 amide bonds. The standard InChI is InChI=1S/C24H19N3O/c1-15(16-5-3-2-4-6-16)24(28)22-12-18-11-19-14-26-23(17-7-9-25-10-8-17)20(19)13-21(18)27-22/h2-11,13,15H,12,14H2,1H3. The number of fused-ring (bicyclic) bond motifs is 2. The second-order valence-corrected chi connectivity index (χ2v) is 7.27. The van der Waals surface area contributed by atoms with Crippen LogP contribution in [-0.2, 0) is 17.8 Å². The van der Waals surface area contributed by atoms with E-state index >= 15 is 0 Å². The fourth-order valence-corrected chi connectivity index (χ4v) is 3.94. The number of ketones is 1. The molecule has 0 saturated carbocycles. The number of carbonyl (C=O) groups excluding carboxylic acids is 1. The summed E-state index contributed by atoms with van der Waals surface area (Å²) >= 11 is 0. The highest BCUT2D eigenvalue weighted by molar-refractivity contribution is 6.43. The largest absolute Gasteiger partial charge is 0.292 e. The molecule has 3 heterocycles. The highest BCUT2D eigenvalue weighted by atomic mass is 16.1. The van der Waals surface area contributed by atoms with E-state index in [1.807, 2.05) is 49.4 Å². The van der Waals surface area contributed by atoms with E-state index in [0.717, 1.165) is 33.7 Å². The van der Waals surface area contributed by atoms with Crippen molar-refractivity contribution in [3.05, 3.63) is 94.8 Å². The lowest BCUT2D eigenvalue weighted by Crippen LogP contribution is -2.20. The molecule has 2 aliphatic rings. The molecule has 1 atom stereocenters. The molecule has 2 aliphatic heterocycles. The zero-order valence-corrected chi connectivity index (χ0v) is 15.6. The van der Waals surface area contributed by atoms with Gasteiger partial charge in [0.1, 0.15) is 0 Å². The molecular weight excluding hydrogens is 346 g/mol. The van der Waals surface area contributed by atoms with Crippen LogP contribution in [0.4, 0.5) is 5.69 Å². The molecule has 28 heavy (non-hydrogen) atoms. The van der Waals surface area contributed by atoms with Gasteiger partial charge in [0.15, 0.2) is 5.78 Å². The Morgan fingerprint density at radius 1 is 1.00 bits per heavy atom. The molecule has 2 aromatic carbocycles. The highest BCUT2D eigenvalue weighted by Crippen LogP contribution is 2.35. The SMILES string of the molecule is CC(C(=O)C1=Nc2cc3c(cc2C1)CN=C3c1ccncc1)c1ccccc1. The number of carbonyl (C=O) groups is 1. The third-order valence-electron chi connectivity index (χ3n) is 5.51. The number of nitrogens with zero attached hydrogens (tertiary/aromatic N) is 3. The zero-order valence-electron chi connectivity index (χ0n) is 15.6. The summed E-state index contributed by atoms with van der Waals surface area (Å²) in [4.78, 5) is 26.5. The van der Waals surface area contributed by atoms with Crippen LogP contribution in [0.1, 0.15) is 40.7 Å². The summed E-state index contributed by atoms with van der Waals surface area (Å²) in [5.41, 5.74) is 8.04. The van der Waals surface area contributed by atoms with Crippen LogP contribution in [0.15, 0.2) is 77.0 Å². The van der Waals surface area contributed by atoms with Gasteiger partial charge < -0.3 is 0 Å². The molecule has 0 bridgehead atoms. The maximum absolute atomic E-state index is 13.0. The minimum atomic E-state index is -0.185. The topological polar surface area (TPSA) is 54.7 Å². The highest BCUT2D eigenvalue weighted by Gasteiger charge is 2.28. The minimum absolute atomic E-state index is 0.102. The van der Waals surface area contributed by atoms with Gasteiger partial charge in [-0.1, -0.05) is 43.3 Å². The molecule has 136 valence electrons. The monoisotopic (exact) mass is 365 g/mol. The van der Waals surface area contributed by atoms with Gasteiger partial charge in [0, 0.05) is 35.9 Å². The molecule has 1 unspecified atom stereocenters. The molecule has 5 rings (SSSR count). The van der Waals surface area contributed by atoms with Gasteiger partial charge in [-0.3, -0.25) is 14.8 Å². The molecule has 1 aromatic heterocycles. The van der Waals surface area contributed by atoms with Crippen LogP contribution in [-0.4, -0.2) is 22.2 Å². The van der Waals surface area contributed by atoms with Gasteiger partial charge in [-0.25, -0.2) is 4.99 Å². The average molecular weight is 365 g/mol. The maximum Gasteiger partial charge on any atom is 0.184 e. The molecule has 0 fully saturated rings. The van der Waals surface area contributed by atoms with Gasteiger partial charge in [-0.2, -0.15) is 0 Å². The first kappa shape index (κ1) is 16.8. The van der Waals surface area contributed by atoms with E-state index in [9.17, 15) is 4.79 Å². The predicted molar refractivity (Wildman–Crippen MR) is 111 cm³/mol. The van der Waals surface area contributed by atoms with Crippen LogP contribution in [0.25, 0.3) is 0 Å². The van der Waals surface area contributed by atoms with Crippen LogP contribution in [0.2, 0.25) is 0 Å². The molecule has 0 aliphatic carbocycles. The van der Waals surface area contributed by atoms with Crippen molar-refractivity contribution in [2.45, 2.75) is 25.8 Å². The Balaban J connectivity index is 1.45. The predicted octanol–water partition coefficient (Wildman–Crippen LogP) is 4.43. The first-order valence-electron chi connectivity index (χ1n) is 9.48. The Morgan fingerprint density at radius 3 is 2.57 bits per heavy atom. The quantitative estimate of drug-likeness (QED) is 0.687. The summed E-state index contributed by atoms with van der Waals surface area (Å²) in [5.74, 6) is -0.0827. The Hall–Kier alpha value is -3.40. The van der Waals surface area contributed by atoms with Crippen LogP contribution in [0.3, 0.4) is 0 Å². The Kier molecular flexibility index (Phi) is 3.97. The fraction of sp³-hybridized carbons (Fsp3) is 0.167. The second-order valence-electron chi connectivity index (χ2n) is 7.27. The lowest BCUT2D eigenvalue weighted by Gasteiger charge is -2.10. The van der Waals surface area contributed by atoms with E-state index in [1.165, 1.54) is 5.56 Å². The summed E-state index contributed by atoms with van der Waals surface area (Å²) in [7, 11) is 0. The van der Waals surface area contributed by atoms with Gasteiger partial charge in [-0.15, -0.1) is 0 Å². The Morgan fingerprint density at radius 2 is 1.79 bits per heavy atom. The van der Waals surface area contributed by atoms with Crippen LogP contribution < -0.4 is 0 Å². The van der Waals surface area contributed by atoms with Crippen molar-refractivity contribution in [1.82, 2.24) is 4.98 Å². The van der Waals surface area contributed by atoms with E-state index in [4.69, 9.17) is 9.98 Å². The van der Waals surface area contributed by atoms with Gasteiger partial charge in [-0.05, 0) is 34.9 Å². The van der Waals surface area contributed by atoms with E-state index in [1.54, 1.807) is 12.4 Å². The third kappa shape index (κ3) is 2.78. The van der Waals surface area contributed by atoms with Crippen molar-refractivity contribution in [2.24, 2.45) is 9.98 Å². The number of aromatic nitrogens is 1. The van der Waals surface area contributed by atoms with Gasteiger partial charge in [0.25, 0.3) is 0 Å². The van der Waals surface area contributed by atoms with Crippen LogP contribution in [0.5, 0.6) is 0 Å². The van der Waals surface area contributed by atoms with Gasteiger partial charge in [0.05, 0.1) is 23.7 Å². The van der Waals surface area contributed by atoms with Crippen molar-refractivity contribution < 1.29 is 4.79 Å². The molecule has 0 saturated heterocycles. The summed E-state index contributed by atoms with van der Waals surface area (Å²) < 4.78 is 0. The Labute approximate surface area is 163 Å². The maximum atomic E-state index is 13.0. The van der Waals surface area contributed by atoms with Gasteiger partial charge in [0.2, 0.25) is 0 Å². The number of hydrogen-bond acceptors (Lipinski definition) is 4. The van der Waals surface area contributed by atoms with Crippen molar-refractivity contribution in [3.63, 3.8) is 0 Å². The summed E-state index contributed by atoms with van der Waals surface area (Å²) in [6.45, 7) is 2.63. The van der Waals surface area contributed by atoms with Gasteiger partial charge >= 0.3 is 0 Å². The second kappa shape index (κ2) is 6.64. The molecule has 3 aromatic rings. The molecule has 0 radical (unpaired) electrons. The summed E-state index contributed by atoms with van der Waals surface area (Å²) in [6.07, 6.45) is 4.16. The van der Waals surface area contributed by atoms with Crippen molar-refractivity contribution in [1.29, 1.82) is 0 Å². The molecule has 0 spiro atoms. The molecule has 0 N–H and O–H groups in total. The van der Waals surface area contributed by atoms with Crippen molar-refractivity contribution in [3.8, 4) is 0 Å². The number of Topliss-reactive ketones (excluding diaryl/α,β-unsaturated/α-hetero) is 1. The fourth-order valence-electron chi connectivity index (χ4n) is 3.94. The zero-order chi connectivity index (χ0) is 19.1. The minimum Gasteiger partial charge on any atom is -0.292 e. The molecular formula is C24H19N3O. The summed E-state index contributed by atoms with van der Waals surface area (Å²) in [5, 5.41) is 0. The lowest BCUT2D eigenvalue weighted by molar-refractivity contribution is -0.114.